The Balaban J connectivity index is 1.68. The zero-order valence-corrected chi connectivity index (χ0v) is 17.3. The lowest BCUT2D eigenvalue weighted by Gasteiger charge is -2.24. The predicted molar refractivity (Wildman–Crippen MR) is 113 cm³/mol. The maximum atomic E-state index is 12.2. The van der Waals surface area contributed by atoms with Gasteiger partial charge in [0.25, 0.3) is 0 Å². The second kappa shape index (κ2) is 8.29. The van der Waals surface area contributed by atoms with Crippen LogP contribution in [0.4, 0.5) is 0 Å². The van der Waals surface area contributed by atoms with E-state index < -0.39 is 0 Å². The van der Waals surface area contributed by atoms with Crippen LogP contribution in [0.3, 0.4) is 0 Å². The monoisotopic (exact) mass is 394 g/mol. The van der Waals surface area contributed by atoms with Crippen molar-refractivity contribution in [3.8, 4) is 11.5 Å². The number of rotatable bonds is 6. The van der Waals surface area contributed by atoms with Gasteiger partial charge in [-0.2, -0.15) is 0 Å². The molecular weight excluding hydrogens is 366 g/mol. The first-order valence-electron chi connectivity index (χ1n) is 10.2. The third-order valence-electron chi connectivity index (χ3n) is 6.02. The molecule has 29 heavy (non-hydrogen) atoms. The van der Waals surface area contributed by atoms with E-state index in [1.165, 1.54) is 16.0 Å². The normalized spacial score (nSPS) is 18.9. The van der Waals surface area contributed by atoms with Gasteiger partial charge in [-0.25, -0.2) is 4.79 Å². The average molecular weight is 394 g/mol. The van der Waals surface area contributed by atoms with E-state index in [4.69, 9.17) is 13.9 Å². The van der Waals surface area contributed by atoms with Gasteiger partial charge in [0.15, 0.2) is 0 Å². The van der Waals surface area contributed by atoms with Crippen LogP contribution in [0.25, 0.3) is 11.0 Å². The van der Waals surface area contributed by atoms with Gasteiger partial charge in [0.05, 0.1) is 26.3 Å². The number of likely N-dealkylation sites (tertiary alicyclic amines) is 1. The lowest BCUT2D eigenvalue weighted by molar-refractivity contribution is -0.931. The maximum absolute atomic E-state index is 12.2. The van der Waals surface area contributed by atoms with Crippen molar-refractivity contribution in [2.45, 2.75) is 38.8 Å². The molecule has 0 aliphatic carbocycles. The number of fused-ring (bicyclic) bond motifs is 1. The fourth-order valence-corrected chi connectivity index (χ4v) is 4.49. The molecule has 1 N–H and O–H groups in total. The molecule has 3 aromatic rings. The van der Waals surface area contributed by atoms with Crippen LogP contribution in [-0.2, 0) is 13.0 Å². The third-order valence-corrected chi connectivity index (χ3v) is 6.02. The number of hydrogen-bond acceptors (Lipinski definition) is 4. The van der Waals surface area contributed by atoms with Crippen molar-refractivity contribution in [2.24, 2.45) is 0 Å². The fourth-order valence-electron chi connectivity index (χ4n) is 4.49. The van der Waals surface area contributed by atoms with Crippen molar-refractivity contribution >= 4 is 11.0 Å². The Hall–Kier alpha value is -2.79. The molecule has 0 saturated carbocycles. The average Bonchev–Trinajstić information content (AvgIpc) is 3.20. The molecule has 5 nitrogen and oxygen atoms in total. The number of hydrogen-bond donors (Lipinski definition) is 1. The van der Waals surface area contributed by atoms with Gasteiger partial charge in [0.2, 0.25) is 0 Å². The van der Waals surface area contributed by atoms with E-state index in [-0.39, 0.29) is 5.63 Å². The van der Waals surface area contributed by atoms with Crippen LogP contribution in [0.5, 0.6) is 11.5 Å². The Labute approximate surface area is 170 Å². The summed E-state index contributed by atoms with van der Waals surface area (Å²) in [5.74, 6) is 1.65. The van der Waals surface area contributed by atoms with Gasteiger partial charge in [-0.1, -0.05) is 19.1 Å². The Morgan fingerprint density at radius 2 is 1.97 bits per heavy atom. The van der Waals surface area contributed by atoms with Crippen LogP contribution in [0.1, 0.15) is 42.5 Å². The molecule has 1 aliphatic rings. The Bertz CT molecular complexity index is 1070. The molecule has 0 spiro atoms. The number of nitrogens with one attached hydrogen (secondary N) is 1. The molecule has 2 atom stereocenters. The van der Waals surface area contributed by atoms with Crippen LogP contribution >= 0.6 is 0 Å². The largest absolute Gasteiger partial charge is 0.497 e. The van der Waals surface area contributed by atoms with Crippen molar-refractivity contribution in [3.63, 3.8) is 0 Å². The lowest BCUT2D eigenvalue weighted by Crippen LogP contribution is -3.08. The summed E-state index contributed by atoms with van der Waals surface area (Å²) in [7, 11) is 3.37. The number of quaternary nitrogens is 1. The van der Waals surface area contributed by atoms with Crippen molar-refractivity contribution in [1.82, 2.24) is 0 Å². The molecule has 2 heterocycles. The summed E-state index contributed by atoms with van der Waals surface area (Å²) >= 11 is 0. The van der Waals surface area contributed by atoms with Gasteiger partial charge in [-0.3, -0.25) is 0 Å². The van der Waals surface area contributed by atoms with Crippen LogP contribution in [-0.4, -0.2) is 20.8 Å². The first-order valence-corrected chi connectivity index (χ1v) is 10.2. The Morgan fingerprint density at radius 1 is 1.10 bits per heavy atom. The third kappa shape index (κ3) is 3.87. The standard InChI is InChI=1S/C24H27NO4/c1-4-16-7-9-19-17(13-24(26)29-23(19)12-16)15-25-11-5-6-21(25)20-10-8-18(27-2)14-22(20)28-3/h7-10,12-14,21H,4-6,11,15H2,1-3H3/p+1/t21-/m1/s1. The lowest BCUT2D eigenvalue weighted by atomic mass is 10.0. The van der Waals surface area contributed by atoms with Crippen molar-refractivity contribution in [2.75, 3.05) is 20.8 Å². The summed E-state index contributed by atoms with van der Waals surface area (Å²) in [6.45, 7) is 3.95. The van der Waals surface area contributed by atoms with Crippen molar-refractivity contribution in [1.29, 1.82) is 0 Å². The van der Waals surface area contributed by atoms with E-state index in [9.17, 15) is 4.79 Å². The highest BCUT2D eigenvalue weighted by atomic mass is 16.5. The van der Waals surface area contributed by atoms with Crippen LogP contribution in [0.15, 0.2) is 51.7 Å². The molecule has 152 valence electrons. The highest BCUT2D eigenvalue weighted by Crippen LogP contribution is 2.32. The summed E-state index contributed by atoms with van der Waals surface area (Å²) in [6, 6.07) is 14.2. The summed E-state index contributed by atoms with van der Waals surface area (Å²) in [5.41, 5.74) is 3.82. The first kappa shape index (κ1) is 19.5. The zero-order valence-electron chi connectivity index (χ0n) is 17.3. The van der Waals surface area contributed by atoms with E-state index in [1.807, 2.05) is 18.2 Å². The minimum Gasteiger partial charge on any atom is -0.497 e. The minimum atomic E-state index is -0.280. The molecule has 1 fully saturated rings. The SMILES string of the molecule is CCc1ccc2c(C[NH+]3CCC[C@@H]3c3ccc(OC)cc3OC)cc(=O)oc2c1. The smallest absolute Gasteiger partial charge is 0.336 e. The van der Waals surface area contributed by atoms with Crippen molar-refractivity contribution in [3.05, 3.63) is 69.6 Å². The quantitative estimate of drug-likeness (QED) is 0.652. The Kier molecular flexibility index (Phi) is 5.58. The Morgan fingerprint density at radius 3 is 2.72 bits per heavy atom. The number of benzene rings is 2. The van der Waals surface area contributed by atoms with Gasteiger partial charge in [-0.05, 0) is 30.2 Å². The molecular formula is C24H28NO4+. The number of aryl methyl sites for hydroxylation is 1. The topological polar surface area (TPSA) is 53.1 Å². The second-order valence-electron chi connectivity index (χ2n) is 7.66. The molecule has 1 aliphatic heterocycles. The predicted octanol–water partition coefficient (Wildman–Crippen LogP) is 3.29. The first-order chi connectivity index (χ1) is 14.1. The van der Waals surface area contributed by atoms with E-state index in [2.05, 4.69) is 25.1 Å². The second-order valence-corrected chi connectivity index (χ2v) is 7.66. The molecule has 1 unspecified atom stereocenters. The highest BCUT2D eigenvalue weighted by molar-refractivity contribution is 5.80. The number of methoxy groups -OCH3 is 2. The molecule has 0 amide bonds. The number of ether oxygens (including phenoxy) is 2. The van der Waals surface area contributed by atoms with E-state index >= 15 is 0 Å². The summed E-state index contributed by atoms with van der Waals surface area (Å²) in [4.78, 5) is 13.6. The fraction of sp³-hybridized carbons (Fsp3) is 0.375. The van der Waals surface area contributed by atoms with Gasteiger partial charge in [0, 0.05) is 35.9 Å². The van der Waals surface area contributed by atoms with Crippen LogP contribution in [0, 0.1) is 0 Å². The van der Waals surface area contributed by atoms with Gasteiger partial charge < -0.3 is 18.8 Å². The van der Waals surface area contributed by atoms with Crippen LogP contribution in [0.2, 0.25) is 0 Å². The van der Waals surface area contributed by atoms with Gasteiger partial charge in [-0.15, -0.1) is 0 Å². The zero-order chi connectivity index (χ0) is 20.4. The molecule has 2 aromatic carbocycles. The molecule has 0 radical (unpaired) electrons. The highest BCUT2D eigenvalue weighted by Gasteiger charge is 2.33. The van der Waals surface area contributed by atoms with Gasteiger partial charge in [0.1, 0.15) is 29.7 Å². The molecule has 4 rings (SSSR count). The van der Waals surface area contributed by atoms with E-state index in [1.54, 1.807) is 20.3 Å². The van der Waals surface area contributed by atoms with Gasteiger partial charge >= 0.3 is 5.63 Å². The molecule has 1 saturated heterocycles. The van der Waals surface area contributed by atoms with E-state index in [0.717, 1.165) is 54.8 Å². The minimum absolute atomic E-state index is 0.280. The summed E-state index contributed by atoms with van der Waals surface area (Å²) in [5, 5.41) is 1.03. The molecule has 5 heteroatoms. The molecule has 0 bridgehead atoms. The van der Waals surface area contributed by atoms with Crippen molar-refractivity contribution < 1.29 is 18.8 Å². The van der Waals surface area contributed by atoms with Crippen LogP contribution < -0.4 is 20.0 Å². The van der Waals surface area contributed by atoms with E-state index in [0.29, 0.717) is 11.6 Å². The summed E-state index contributed by atoms with van der Waals surface area (Å²) in [6.07, 6.45) is 3.16. The maximum Gasteiger partial charge on any atom is 0.336 e. The molecule has 1 aromatic heterocycles. The summed E-state index contributed by atoms with van der Waals surface area (Å²) < 4.78 is 16.5.